The second kappa shape index (κ2) is 4.77. The van der Waals surface area contributed by atoms with Crippen LogP contribution in [0.25, 0.3) is 0 Å². The van der Waals surface area contributed by atoms with Crippen LogP contribution in [0.1, 0.15) is 24.8 Å². The third-order valence-corrected chi connectivity index (χ3v) is 5.35. The molecule has 3 rings (SSSR count). The first-order valence-electron chi connectivity index (χ1n) is 6.03. The molecule has 2 atom stereocenters. The van der Waals surface area contributed by atoms with E-state index in [1.165, 1.54) is 41.7 Å². The maximum Gasteiger partial charge on any atom is 0.0701 e. The average molecular weight is 301 g/mol. The van der Waals surface area contributed by atoms with Crippen molar-refractivity contribution >= 4 is 27.3 Å². The van der Waals surface area contributed by atoms with E-state index in [0.717, 1.165) is 18.6 Å². The van der Waals surface area contributed by atoms with Crippen LogP contribution in [0, 0.1) is 0 Å². The molecule has 0 spiro atoms. The van der Waals surface area contributed by atoms with Gasteiger partial charge in [0.25, 0.3) is 0 Å². The largest absolute Gasteiger partial charge is 0.308 e. The number of rotatable bonds is 3. The quantitative estimate of drug-likeness (QED) is 0.923. The van der Waals surface area contributed by atoms with Crippen molar-refractivity contribution in [2.24, 2.45) is 0 Å². The molecule has 0 saturated carbocycles. The fourth-order valence-electron chi connectivity index (χ4n) is 3.01. The third-order valence-electron chi connectivity index (χ3n) is 3.80. The molecule has 2 saturated heterocycles. The average Bonchev–Trinajstić information content (AvgIpc) is 2.91. The first kappa shape index (κ1) is 11.2. The van der Waals surface area contributed by atoms with E-state index in [4.69, 9.17) is 0 Å². The molecule has 2 fully saturated rings. The van der Waals surface area contributed by atoms with Crippen molar-refractivity contribution in [2.45, 2.75) is 37.9 Å². The minimum Gasteiger partial charge on any atom is -0.308 e. The summed E-state index contributed by atoms with van der Waals surface area (Å²) in [6.07, 6.45) is 4.12. The van der Waals surface area contributed by atoms with E-state index < -0.39 is 0 Å². The third kappa shape index (κ3) is 2.21. The van der Waals surface area contributed by atoms with Crippen molar-refractivity contribution in [2.75, 3.05) is 13.1 Å². The van der Waals surface area contributed by atoms with Gasteiger partial charge < -0.3 is 5.32 Å². The fraction of sp³-hybridized carbons (Fsp3) is 0.667. The van der Waals surface area contributed by atoms with E-state index in [1.54, 1.807) is 11.3 Å². The molecule has 0 bridgehead atoms. The van der Waals surface area contributed by atoms with Gasteiger partial charge in [0, 0.05) is 25.2 Å². The number of hydrogen-bond acceptors (Lipinski definition) is 3. The molecule has 0 aliphatic carbocycles. The van der Waals surface area contributed by atoms with Crippen molar-refractivity contribution in [3.8, 4) is 0 Å². The van der Waals surface area contributed by atoms with Gasteiger partial charge in [-0.15, -0.1) is 11.3 Å². The van der Waals surface area contributed by atoms with Crippen LogP contribution in [-0.4, -0.2) is 30.1 Å². The lowest BCUT2D eigenvalue weighted by Crippen LogP contribution is -2.38. The van der Waals surface area contributed by atoms with Crippen molar-refractivity contribution in [1.29, 1.82) is 0 Å². The molecule has 4 heteroatoms. The molecule has 0 amide bonds. The van der Waals surface area contributed by atoms with E-state index >= 15 is 0 Å². The van der Waals surface area contributed by atoms with Crippen LogP contribution in [0.3, 0.4) is 0 Å². The molecular formula is C12H17BrN2S. The molecular weight excluding hydrogens is 284 g/mol. The molecule has 2 aliphatic rings. The predicted octanol–water partition coefficient (Wildman–Crippen LogP) is 2.84. The first-order chi connectivity index (χ1) is 7.83. The molecule has 0 radical (unpaired) electrons. The molecule has 88 valence electrons. The van der Waals surface area contributed by atoms with Gasteiger partial charge in [-0.25, -0.2) is 0 Å². The Balaban J connectivity index is 1.55. The molecule has 1 aromatic heterocycles. The summed E-state index contributed by atoms with van der Waals surface area (Å²) >= 11 is 5.29. The van der Waals surface area contributed by atoms with Gasteiger partial charge in [-0.3, -0.25) is 4.90 Å². The van der Waals surface area contributed by atoms with Crippen LogP contribution in [0.4, 0.5) is 0 Å². The highest BCUT2D eigenvalue weighted by Gasteiger charge is 2.36. The maximum atomic E-state index is 3.73. The SMILES string of the molecule is Brc1cc(CNC2CCN3CCCC23)cs1. The standard InChI is InChI=1S/C12H17BrN2S/c13-12-6-9(8-16-12)7-14-10-3-5-15-4-1-2-11(10)15/h6,8,10-11,14H,1-5,7H2. The Morgan fingerprint density at radius 2 is 2.38 bits per heavy atom. The predicted molar refractivity (Wildman–Crippen MR) is 71.9 cm³/mol. The molecule has 2 aliphatic heterocycles. The summed E-state index contributed by atoms with van der Waals surface area (Å²) in [5.74, 6) is 0. The van der Waals surface area contributed by atoms with E-state index in [9.17, 15) is 0 Å². The second-order valence-electron chi connectivity index (χ2n) is 4.78. The highest BCUT2D eigenvalue weighted by molar-refractivity contribution is 9.11. The lowest BCUT2D eigenvalue weighted by molar-refractivity contribution is 0.298. The van der Waals surface area contributed by atoms with E-state index in [1.807, 2.05) is 0 Å². The summed E-state index contributed by atoms with van der Waals surface area (Å²) in [5, 5.41) is 5.96. The van der Waals surface area contributed by atoms with E-state index in [0.29, 0.717) is 0 Å². The van der Waals surface area contributed by atoms with Crippen molar-refractivity contribution in [3.63, 3.8) is 0 Å². The molecule has 2 nitrogen and oxygen atoms in total. The van der Waals surface area contributed by atoms with E-state index in [-0.39, 0.29) is 0 Å². The summed E-state index contributed by atoms with van der Waals surface area (Å²) in [7, 11) is 0. The summed E-state index contributed by atoms with van der Waals surface area (Å²) in [6, 6.07) is 3.77. The summed E-state index contributed by atoms with van der Waals surface area (Å²) in [5.41, 5.74) is 1.41. The number of fused-ring (bicyclic) bond motifs is 1. The minimum absolute atomic E-state index is 0.723. The summed E-state index contributed by atoms with van der Waals surface area (Å²) in [6.45, 7) is 3.65. The van der Waals surface area contributed by atoms with Gasteiger partial charge in [0.1, 0.15) is 0 Å². The topological polar surface area (TPSA) is 15.3 Å². The van der Waals surface area contributed by atoms with Crippen molar-refractivity contribution < 1.29 is 0 Å². The number of nitrogens with one attached hydrogen (secondary N) is 1. The highest BCUT2D eigenvalue weighted by Crippen LogP contribution is 2.28. The Morgan fingerprint density at radius 3 is 3.19 bits per heavy atom. The molecule has 2 unspecified atom stereocenters. The highest BCUT2D eigenvalue weighted by atomic mass is 79.9. The van der Waals surface area contributed by atoms with Crippen LogP contribution >= 0.6 is 27.3 Å². The normalized spacial score (nSPS) is 29.8. The van der Waals surface area contributed by atoms with Crippen LogP contribution in [0.15, 0.2) is 15.2 Å². The number of nitrogens with zero attached hydrogens (tertiary/aromatic N) is 1. The Kier molecular flexibility index (Phi) is 3.34. The Hall–Kier alpha value is 0.1000. The summed E-state index contributed by atoms with van der Waals surface area (Å²) in [4.78, 5) is 2.65. The molecule has 1 N–H and O–H groups in total. The van der Waals surface area contributed by atoms with Gasteiger partial charge in [-0.1, -0.05) is 0 Å². The Labute approximate surface area is 109 Å². The number of halogens is 1. The zero-order valence-electron chi connectivity index (χ0n) is 9.29. The second-order valence-corrected chi connectivity index (χ2v) is 7.07. The van der Waals surface area contributed by atoms with Gasteiger partial charge in [0.05, 0.1) is 3.79 Å². The lowest BCUT2D eigenvalue weighted by atomic mass is 10.1. The fourth-order valence-corrected chi connectivity index (χ4v) is 4.22. The van der Waals surface area contributed by atoms with Crippen LogP contribution in [0.5, 0.6) is 0 Å². The molecule has 16 heavy (non-hydrogen) atoms. The van der Waals surface area contributed by atoms with Crippen LogP contribution < -0.4 is 5.32 Å². The molecule has 1 aromatic rings. The van der Waals surface area contributed by atoms with Crippen molar-refractivity contribution in [1.82, 2.24) is 10.2 Å². The van der Waals surface area contributed by atoms with Gasteiger partial charge in [0.15, 0.2) is 0 Å². The Bertz CT molecular complexity index is 366. The van der Waals surface area contributed by atoms with E-state index in [2.05, 4.69) is 37.6 Å². The lowest BCUT2D eigenvalue weighted by Gasteiger charge is -2.21. The monoisotopic (exact) mass is 300 g/mol. The van der Waals surface area contributed by atoms with Crippen molar-refractivity contribution in [3.05, 3.63) is 20.8 Å². The van der Waals surface area contributed by atoms with Gasteiger partial charge in [-0.2, -0.15) is 0 Å². The van der Waals surface area contributed by atoms with Gasteiger partial charge in [0.2, 0.25) is 0 Å². The Morgan fingerprint density at radius 1 is 1.44 bits per heavy atom. The number of hydrogen-bond donors (Lipinski definition) is 1. The maximum absolute atomic E-state index is 3.73. The summed E-state index contributed by atoms with van der Waals surface area (Å²) < 4.78 is 1.23. The zero-order valence-corrected chi connectivity index (χ0v) is 11.7. The first-order valence-corrected chi connectivity index (χ1v) is 7.70. The number of thiophene rings is 1. The van der Waals surface area contributed by atoms with Gasteiger partial charge in [-0.05, 0) is 58.7 Å². The van der Waals surface area contributed by atoms with Crippen LogP contribution in [-0.2, 0) is 6.54 Å². The minimum atomic E-state index is 0.723. The zero-order chi connectivity index (χ0) is 11.0. The molecule has 3 heterocycles. The van der Waals surface area contributed by atoms with Gasteiger partial charge >= 0.3 is 0 Å². The van der Waals surface area contributed by atoms with Crippen LogP contribution in [0.2, 0.25) is 0 Å². The molecule has 0 aromatic carbocycles. The smallest absolute Gasteiger partial charge is 0.0701 e.